The van der Waals surface area contributed by atoms with Crippen molar-refractivity contribution in [2.45, 2.75) is 19.5 Å². The van der Waals surface area contributed by atoms with Gasteiger partial charge in [-0.25, -0.2) is 13.8 Å². The van der Waals surface area contributed by atoms with Crippen molar-refractivity contribution in [1.82, 2.24) is 19.8 Å². The Balaban J connectivity index is 1.73. The Hall–Kier alpha value is -3.88. The van der Waals surface area contributed by atoms with Crippen LogP contribution in [-0.2, 0) is 19.5 Å². The summed E-state index contributed by atoms with van der Waals surface area (Å²) in [6, 6.07) is 9.90. The lowest BCUT2D eigenvalue weighted by molar-refractivity contribution is 0.0722. The molecule has 0 radical (unpaired) electrons. The molecule has 0 spiro atoms. The first-order chi connectivity index (χ1) is 15.4. The monoisotopic (exact) mass is 438 g/mol. The van der Waals surface area contributed by atoms with Gasteiger partial charge in [0.1, 0.15) is 11.4 Å². The van der Waals surface area contributed by atoms with Gasteiger partial charge in [0.25, 0.3) is 17.4 Å². The summed E-state index contributed by atoms with van der Waals surface area (Å²) >= 11 is 0. The minimum absolute atomic E-state index is 0.0408. The van der Waals surface area contributed by atoms with E-state index in [-0.39, 0.29) is 31.6 Å². The third-order valence-corrected chi connectivity index (χ3v) is 5.42. The van der Waals surface area contributed by atoms with E-state index in [1.165, 1.54) is 16.5 Å². The molecule has 4 rings (SSSR count). The third-order valence-electron chi connectivity index (χ3n) is 5.42. The van der Waals surface area contributed by atoms with E-state index in [1.807, 2.05) is 30.3 Å². The normalized spacial score (nSPS) is 12.9. The number of benzene rings is 1. The summed E-state index contributed by atoms with van der Waals surface area (Å²) in [7, 11) is 1.45. The highest BCUT2D eigenvalue weighted by atomic mass is 19.1. The fourth-order valence-corrected chi connectivity index (χ4v) is 3.86. The maximum atomic E-state index is 14.1. The maximum absolute atomic E-state index is 14.1. The highest BCUT2D eigenvalue weighted by Gasteiger charge is 2.29. The lowest BCUT2D eigenvalue weighted by Gasteiger charge is -2.30. The van der Waals surface area contributed by atoms with E-state index in [9.17, 15) is 23.2 Å². The first-order valence-electron chi connectivity index (χ1n) is 10.0. The number of fused-ring (bicyclic) bond motifs is 1. The highest BCUT2D eigenvalue weighted by molar-refractivity contribution is 5.96. The van der Waals surface area contributed by atoms with Crippen molar-refractivity contribution in [2.24, 2.45) is 0 Å². The van der Waals surface area contributed by atoms with Gasteiger partial charge in [0.05, 0.1) is 12.7 Å². The molecule has 3 heterocycles. The molecule has 2 aromatic heterocycles. The van der Waals surface area contributed by atoms with Gasteiger partial charge >= 0.3 is 0 Å². The van der Waals surface area contributed by atoms with Crippen molar-refractivity contribution in [3.63, 3.8) is 0 Å². The second kappa shape index (κ2) is 8.70. The number of nitrogens with one attached hydrogen (secondary N) is 1. The van der Waals surface area contributed by atoms with E-state index < -0.39 is 34.7 Å². The smallest absolute Gasteiger partial charge is 0.275 e. The van der Waals surface area contributed by atoms with E-state index in [0.29, 0.717) is 17.2 Å². The van der Waals surface area contributed by atoms with Crippen LogP contribution in [0.25, 0.3) is 0 Å². The van der Waals surface area contributed by atoms with Crippen LogP contribution < -0.4 is 10.9 Å². The number of hydrogen-bond donors (Lipinski definition) is 1. The Morgan fingerprint density at radius 1 is 1.19 bits per heavy atom. The maximum Gasteiger partial charge on any atom is 0.275 e. The van der Waals surface area contributed by atoms with Crippen molar-refractivity contribution < 1.29 is 18.4 Å². The van der Waals surface area contributed by atoms with Crippen molar-refractivity contribution in [2.75, 3.05) is 13.6 Å². The molecular formula is C23H20F2N4O3. The second-order valence-electron chi connectivity index (χ2n) is 7.47. The summed E-state index contributed by atoms with van der Waals surface area (Å²) in [5, 5.41) is 2.51. The molecule has 0 aliphatic carbocycles. The van der Waals surface area contributed by atoms with Crippen LogP contribution in [0.5, 0.6) is 0 Å². The summed E-state index contributed by atoms with van der Waals surface area (Å²) in [5.74, 6) is -3.10. The Kier molecular flexibility index (Phi) is 5.81. The van der Waals surface area contributed by atoms with Gasteiger partial charge < -0.3 is 14.8 Å². The number of pyridine rings is 2. The molecule has 7 nitrogen and oxygen atoms in total. The predicted molar refractivity (Wildman–Crippen MR) is 112 cm³/mol. The fourth-order valence-electron chi connectivity index (χ4n) is 3.86. The van der Waals surface area contributed by atoms with Crippen LogP contribution in [0.15, 0.2) is 53.6 Å². The molecule has 1 N–H and O–H groups in total. The number of amides is 2. The van der Waals surface area contributed by atoms with Crippen molar-refractivity contribution >= 4 is 11.8 Å². The number of carbonyl (C=O) groups is 2. The largest absolute Gasteiger partial charge is 0.355 e. The van der Waals surface area contributed by atoms with Gasteiger partial charge in [-0.2, -0.15) is 0 Å². The van der Waals surface area contributed by atoms with Gasteiger partial charge in [-0.15, -0.1) is 0 Å². The first-order valence-corrected chi connectivity index (χ1v) is 10.0. The Morgan fingerprint density at radius 2 is 1.94 bits per heavy atom. The van der Waals surface area contributed by atoms with Gasteiger partial charge in [0, 0.05) is 32.4 Å². The highest BCUT2D eigenvalue weighted by Crippen LogP contribution is 2.23. The van der Waals surface area contributed by atoms with E-state index >= 15 is 0 Å². The van der Waals surface area contributed by atoms with Gasteiger partial charge in [-0.1, -0.05) is 30.3 Å². The van der Waals surface area contributed by atoms with Crippen LogP contribution in [0.1, 0.15) is 37.5 Å². The topological polar surface area (TPSA) is 84.3 Å². The molecule has 1 aliphatic heterocycles. The molecule has 1 aromatic carbocycles. The van der Waals surface area contributed by atoms with Crippen LogP contribution >= 0.6 is 0 Å². The molecule has 32 heavy (non-hydrogen) atoms. The van der Waals surface area contributed by atoms with Gasteiger partial charge in [-0.3, -0.25) is 14.4 Å². The first kappa shape index (κ1) is 21.4. The average Bonchev–Trinajstić information content (AvgIpc) is 2.79. The summed E-state index contributed by atoms with van der Waals surface area (Å²) in [6.07, 6.45) is 2.66. The summed E-state index contributed by atoms with van der Waals surface area (Å²) in [6.45, 7) is 0.473. The number of rotatable bonds is 4. The molecule has 2 amide bonds. The summed E-state index contributed by atoms with van der Waals surface area (Å²) in [4.78, 5) is 43.4. The molecule has 3 aromatic rings. The van der Waals surface area contributed by atoms with E-state index in [4.69, 9.17) is 0 Å². The van der Waals surface area contributed by atoms with Crippen LogP contribution in [0, 0.1) is 11.6 Å². The Bertz CT molecular complexity index is 1260. The molecule has 1 aliphatic rings. The molecule has 0 atom stereocenters. The predicted octanol–water partition coefficient (Wildman–Crippen LogP) is 2.13. The average molecular weight is 438 g/mol. The van der Waals surface area contributed by atoms with Gasteiger partial charge in [0.15, 0.2) is 11.5 Å². The van der Waals surface area contributed by atoms with Crippen molar-refractivity contribution in [3.05, 3.63) is 98.7 Å². The zero-order valence-corrected chi connectivity index (χ0v) is 17.3. The minimum atomic E-state index is -1.04. The molecular weight excluding hydrogens is 418 g/mol. The molecule has 0 saturated carbocycles. The summed E-state index contributed by atoms with van der Waals surface area (Å²) < 4.78 is 28.7. The Morgan fingerprint density at radius 3 is 2.62 bits per heavy atom. The number of hydrogen-bond acceptors (Lipinski definition) is 4. The quantitative estimate of drug-likeness (QED) is 0.677. The number of carbonyl (C=O) groups excluding carboxylic acids is 2. The van der Waals surface area contributed by atoms with E-state index in [0.717, 1.165) is 11.8 Å². The molecule has 0 saturated heterocycles. The van der Waals surface area contributed by atoms with Crippen molar-refractivity contribution in [3.8, 4) is 0 Å². The number of halogens is 2. The summed E-state index contributed by atoms with van der Waals surface area (Å²) in [5.41, 5.74) is 1.20. The Labute approximate surface area is 182 Å². The van der Waals surface area contributed by atoms with Crippen molar-refractivity contribution in [1.29, 1.82) is 0 Å². The SMILES string of the molecule is CNC(=O)c1c2c(cn(Cc3ccccc3)c1=O)CN(C(=O)c1ncc(F)cc1F)CC2. The molecule has 0 bridgehead atoms. The lowest BCUT2D eigenvalue weighted by atomic mass is 9.95. The van der Waals surface area contributed by atoms with E-state index in [1.54, 1.807) is 6.20 Å². The van der Waals surface area contributed by atoms with Crippen LogP contribution in [0.2, 0.25) is 0 Å². The van der Waals surface area contributed by atoms with Gasteiger partial charge in [-0.05, 0) is 23.1 Å². The zero-order valence-electron chi connectivity index (χ0n) is 17.3. The standard InChI is InChI=1S/C23H20F2N4O3/c1-26-21(30)19-17-7-8-28(23(32)20-18(25)9-16(24)10-27-20)12-15(17)13-29(22(19)31)11-14-5-3-2-4-6-14/h2-6,9-10,13H,7-8,11-12H2,1H3,(H,26,30). The lowest BCUT2D eigenvalue weighted by Crippen LogP contribution is -2.41. The fraction of sp³-hybridized carbons (Fsp3) is 0.217. The number of nitrogens with zero attached hydrogens (tertiary/aromatic N) is 3. The van der Waals surface area contributed by atoms with Crippen LogP contribution in [-0.4, -0.2) is 39.9 Å². The molecule has 9 heteroatoms. The second-order valence-corrected chi connectivity index (χ2v) is 7.47. The van der Waals surface area contributed by atoms with Crippen LogP contribution in [0.4, 0.5) is 8.78 Å². The molecule has 0 unspecified atom stereocenters. The van der Waals surface area contributed by atoms with E-state index in [2.05, 4.69) is 10.3 Å². The minimum Gasteiger partial charge on any atom is -0.355 e. The molecule has 164 valence electrons. The van der Waals surface area contributed by atoms with Crippen LogP contribution in [0.3, 0.4) is 0 Å². The van der Waals surface area contributed by atoms with Gasteiger partial charge in [0.2, 0.25) is 0 Å². The molecule has 0 fully saturated rings. The third kappa shape index (κ3) is 4.01. The number of aromatic nitrogens is 2. The zero-order chi connectivity index (χ0) is 22.8.